The number of rotatable bonds is 6. The number of hydrogen-bond acceptors (Lipinski definition) is 5. The van der Waals surface area contributed by atoms with E-state index in [4.69, 9.17) is 9.47 Å². The number of nitrogens with zero attached hydrogens (tertiary/aromatic N) is 1. The van der Waals surface area contributed by atoms with Gasteiger partial charge < -0.3 is 20.1 Å². The van der Waals surface area contributed by atoms with E-state index in [1.807, 2.05) is 32.0 Å². The average Bonchev–Trinajstić information content (AvgIpc) is 2.58. The van der Waals surface area contributed by atoms with Crippen LogP contribution in [0.15, 0.2) is 36.4 Å². The molecule has 2 rings (SSSR count). The first-order chi connectivity index (χ1) is 11.9. The van der Waals surface area contributed by atoms with Crippen molar-refractivity contribution in [2.45, 2.75) is 13.8 Å². The Morgan fingerprint density at radius 2 is 1.92 bits per heavy atom. The number of non-ortho nitro benzene ring substituents is 1. The van der Waals surface area contributed by atoms with E-state index >= 15 is 0 Å². The number of nitro benzene ring substituents is 1. The van der Waals surface area contributed by atoms with Crippen molar-refractivity contribution in [3.05, 3.63) is 57.6 Å². The van der Waals surface area contributed by atoms with E-state index in [1.165, 1.54) is 25.3 Å². The zero-order chi connectivity index (χ0) is 18.4. The molecule has 0 aliphatic rings. The third-order valence-corrected chi connectivity index (χ3v) is 3.59. The topological polar surface area (TPSA) is 103 Å². The van der Waals surface area contributed by atoms with Crippen molar-refractivity contribution in [3.63, 3.8) is 0 Å². The summed E-state index contributed by atoms with van der Waals surface area (Å²) in [6.07, 6.45) is 0. The minimum Gasteiger partial charge on any atom is -0.494 e. The van der Waals surface area contributed by atoms with Gasteiger partial charge in [-0.15, -0.1) is 0 Å². The summed E-state index contributed by atoms with van der Waals surface area (Å²) in [4.78, 5) is 22.1. The lowest BCUT2D eigenvalue weighted by Gasteiger charge is -2.12. The molecule has 0 bridgehead atoms. The number of anilines is 1. The molecule has 0 aromatic heterocycles. The third-order valence-electron chi connectivity index (χ3n) is 3.59. The van der Waals surface area contributed by atoms with Gasteiger partial charge in [-0.1, -0.05) is 6.07 Å². The summed E-state index contributed by atoms with van der Waals surface area (Å²) in [5, 5.41) is 15.9. The first-order valence-corrected chi connectivity index (χ1v) is 7.48. The van der Waals surface area contributed by atoms with Crippen LogP contribution in [0.25, 0.3) is 0 Å². The molecular formula is C17H19N3O5. The molecule has 2 N–H and O–H groups in total. The van der Waals surface area contributed by atoms with Crippen molar-refractivity contribution in [1.29, 1.82) is 0 Å². The predicted molar refractivity (Wildman–Crippen MR) is 93.2 cm³/mol. The number of methoxy groups -OCH3 is 1. The zero-order valence-electron chi connectivity index (χ0n) is 14.2. The fourth-order valence-corrected chi connectivity index (χ4v) is 2.05. The minimum absolute atomic E-state index is 0.0242. The lowest BCUT2D eigenvalue weighted by Crippen LogP contribution is -2.32. The molecule has 2 amide bonds. The number of nitro groups is 1. The Labute approximate surface area is 144 Å². The van der Waals surface area contributed by atoms with Gasteiger partial charge in [-0.25, -0.2) is 4.79 Å². The van der Waals surface area contributed by atoms with E-state index in [0.717, 1.165) is 11.1 Å². The van der Waals surface area contributed by atoms with Gasteiger partial charge in [-0.05, 0) is 43.2 Å². The first-order valence-electron chi connectivity index (χ1n) is 7.48. The number of ether oxygens (including phenoxy) is 2. The Balaban J connectivity index is 1.91. The van der Waals surface area contributed by atoms with Crippen LogP contribution < -0.4 is 20.1 Å². The molecule has 0 saturated carbocycles. The van der Waals surface area contributed by atoms with Gasteiger partial charge in [0.25, 0.3) is 5.69 Å². The Hall–Kier alpha value is -3.29. The molecule has 0 aliphatic heterocycles. The molecule has 8 heteroatoms. The Bertz CT molecular complexity index is 792. The summed E-state index contributed by atoms with van der Waals surface area (Å²) >= 11 is 0. The monoisotopic (exact) mass is 345 g/mol. The van der Waals surface area contributed by atoms with Crippen molar-refractivity contribution in [3.8, 4) is 11.5 Å². The molecule has 0 spiro atoms. The second-order valence-electron chi connectivity index (χ2n) is 5.31. The van der Waals surface area contributed by atoms with E-state index in [1.54, 1.807) is 0 Å². The van der Waals surface area contributed by atoms with Crippen LogP contribution in [0.2, 0.25) is 0 Å². The van der Waals surface area contributed by atoms with Crippen LogP contribution in [-0.4, -0.2) is 24.8 Å². The molecule has 0 fully saturated rings. The first kappa shape index (κ1) is 18.1. The van der Waals surface area contributed by atoms with Crippen LogP contribution in [0.1, 0.15) is 11.1 Å². The van der Waals surface area contributed by atoms with E-state index in [2.05, 4.69) is 10.6 Å². The van der Waals surface area contributed by atoms with Gasteiger partial charge in [-0.2, -0.15) is 0 Å². The predicted octanol–water partition coefficient (Wildman–Crippen LogP) is 3.38. The Kier molecular flexibility index (Phi) is 5.78. The Morgan fingerprint density at radius 3 is 2.56 bits per heavy atom. The highest BCUT2D eigenvalue weighted by molar-refractivity contribution is 5.91. The van der Waals surface area contributed by atoms with Crippen molar-refractivity contribution in [2.75, 3.05) is 19.2 Å². The van der Waals surface area contributed by atoms with Crippen LogP contribution in [0.5, 0.6) is 11.5 Å². The quantitative estimate of drug-likeness (QED) is 0.475. The maximum atomic E-state index is 11.9. The molecule has 0 radical (unpaired) electrons. The summed E-state index contributed by atoms with van der Waals surface area (Å²) in [5.41, 5.74) is 2.44. The number of carbonyl (C=O) groups is 1. The van der Waals surface area contributed by atoms with Crippen molar-refractivity contribution in [2.24, 2.45) is 0 Å². The molecule has 0 aliphatic carbocycles. The van der Waals surface area contributed by atoms with Gasteiger partial charge in [0.05, 0.1) is 23.8 Å². The smallest absolute Gasteiger partial charge is 0.321 e. The fourth-order valence-electron chi connectivity index (χ4n) is 2.05. The standard InChI is InChI=1S/C17H19N3O5/c1-11-4-6-14(8-12(11)2)25-10-18-17(21)19-15-7-5-13(20(22)23)9-16(15)24-3/h4-9H,10H2,1-3H3,(H2,18,19,21). The summed E-state index contributed by atoms with van der Waals surface area (Å²) in [5.74, 6) is 0.843. The molecular weight excluding hydrogens is 326 g/mol. The number of hydrogen-bond donors (Lipinski definition) is 2. The summed E-state index contributed by atoms with van der Waals surface area (Å²) in [6.45, 7) is 3.95. The van der Waals surface area contributed by atoms with Gasteiger partial charge in [0.2, 0.25) is 0 Å². The highest BCUT2D eigenvalue weighted by Crippen LogP contribution is 2.28. The van der Waals surface area contributed by atoms with E-state index in [-0.39, 0.29) is 18.2 Å². The van der Waals surface area contributed by atoms with Crippen molar-refractivity contribution >= 4 is 17.4 Å². The number of carbonyl (C=O) groups excluding carboxylic acids is 1. The molecule has 0 heterocycles. The largest absolute Gasteiger partial charge is 0.494 e. The molecule has 2 aromatic rings. The number of urea groups is 1. The molecule has 8 nitrogen and oxygen atoms in total. The molecule has 0 unspecified atom stereocenters. The van der Waals surface area contributed by atoms with E-state index in [0.29, 0.717) is 11.4 Å². The van der Waals surface area contributed by atoms with Gasteiger partial charge >= 0.3 is 6.03 Å². The van der Waals surface area contributed by atoms with Gasteiger partial charge in [0.1, 0.15) is 11.5 Å². The van der Waals surface area contributed by atoms with Crippen molar-refractivity contribution in [1.82, 2.24) is 5.32 Å². The summed E-state index contributed by atoms with van der Waals surface area (Å²) in [6, 6.07) is 9.05. The molecule has 0 atom stereocenters. The highest BCUT2D eigenvalue weighted by atomic mass is 16.6. The SMILES string of the molecule is COc1cc([N+](=O)[O-])ccc1NC(=O)NCOc1ccc(C)c(C)c1. The molecule has 132 valence electrons. The molecule has 25 heavy (non-hydrogen) atoms. The van der Waals surface area contributed by atoms with Crippen LogP contribution in [-0.2, 0) is 0 Å². The lowest BCUT2D eigenvalue weighted by atomic mass is 10.1. The highest BCUT2D eigenvalue weighted by Gasteiger charge is 2.13. The molecule has 0 saturated heterocycles. The maximum absolute atomic E-state index is 11.9. The van der Waals surface area contributed by atoms with Crippen LogP contribution in [0.4, 0.5) is 16.2 Å². The number of nitrogens with one attached hydrogen (secondary N) is 2. The number of amides is 2. The van der Waals surface area contributed by atoms with Gasteiger partial charge in [0, 0.05) is 6.07 Å². The van der Waals surface area contributed by atoms with Crippen LogP contribution in [0, 0.1) is 24.0 Å². The van der Waals surface area contributed by atoms with Gasteiger partial charge in [-0.3, -0.25) is 10.1 Å². The third kappa shape index (κ3) is 4.84. The van der Waals surface area contributed by atoms with Gasteiger partial charge in [0.15, 0.2) is 6.73 Å². The molecule has 2 aromatic carbocycles. The van der Waals surface area contributed by atoms with Crippen molar-refractivity contribution < 1.29 is 19.2 Å². The normalized spacial score (nSPS) is 10.0. The zero-order valence-corrected chi connectivity index (χ0v) is 14.2. The second kappa shape index (κ2) is 8.00. The lowest BCUT2D eigenvalue weighted by molar-refractivity contribution is -0.384. The number of aryl methyl sites for hydroxylation is 2. The maximum Gasteiger partial charge on any atom is 0.321 e. The average molecular weight is 345 g/mol. The van der Waals surface area contributed by atoms with E-state index in [9.17, 15) is 14.9 Å². The fraction of sp³-hybridized carbons (Fsp3) is 0.235. The minimum atomic E-state index is -0.538. The number of benzene rings is 2. The summed E-state index contributed by atoms with van der Waals surface area (Å²) in [7, 11) is 1.37. The Morgan fingerprint density at radius 1 is 1.16 bits per heavy atom. The second-order valence-corrected chi connectivity index (χ2v) is 5.31. The van der Waals surface area contributed by atoms with Crippen LogP contribution in [0.3, 0.4) is 0 Å². The van der Waals surface area contributed by atoms with E-state index < -0.39 is 11.0 Å². The summed E-state index contributed by atoms with van der Waals surface area (Å²) < 4.78 is 10.5. The van der Waals surface area contributed by atoms with Crippen LogP contribution >= 0.6 is 0 Å².